The van der Waals surface area contributed by atoms with Gasteiger partial charge in [-0.05, 0) is 67.6 Å². The summed E-state index contributed by atoms with van der Waals surface area (Å²) in [6, 6.07) is 15.7. The summed E-state index contributed by atoms with van der Waals surface area (Å²) in [7, 11) is -1.69. The SMILES string of the molecule is Cn1cc(-c2cc(S(C)(=O)=O)ccc2N[C@H]2CC[C@H](NCc3ccc(Cl)cc3)CC2)c2cc[nH]c2c1=O. The van der Waals surface area contributed by atoms with Gasteiger partial charge in [-0.25, -0.2) is 8.42 Å². The van der Waals surface area contributed by atoms with Crippen molar-refractivity contribution in [3.8, 4) is 11.1 Å². The minimum Gasteiger partial charge on any atom is -0.382 e. The molecule has 2 heterocycles. The predicted molar refractivity (Wildman–Crippen MR) is 150 cm³/mol. The van der Waals surface area contributed by atoms with Gasteiger partial charge in [-0.1, -0.05) is 23.7 Å². The van der Waals surface area contributed by atoms with E-state index in [-0.39, 0.29) is 16.5 Å². The van der Waals surface area contributed by atoms with Crippen molar-refractivity contribution in [1.82, 2.24) is 14.9 Å². The average molecular weight is 539 g/mol. The van der Waals surface area contributed by atoms with E-state index in [0.717, 1.165) is 59.5 Å². The number of benzene rings is 2. The van der Waals surface area contributed by atoms with Gasteiger partial charge < -0.3 is 20.2 Å². The lowest BCUT2D eigenvalue weighted by Crippen LogP contribution is -2.36. The van der Waals surface area contributed by atoms with E-state index in [1.807, 2.05) is 36.4 Å². The first-order valence-corrected chi connectivity index (χ1v) is 14.7. The minimum atomic E-state index is -3.40. The average Bonchev–Trinajstić information content (AvgIpc) is 3.37. The molecule has 0 unspecified atom stereocenters. The van der Waals surface area contributed by atoms with Gasteiger partial charge in [-0.3, -0.25) is 4.79 Å². The first-order valence-electron chi connectivity index (χ1n) is 12.4. The van der Waals surface area contributed by atoms with Gasteiger partial charge in [0.05, 0.1) is 4.90 Å². The number of hydrogen-bond acceptors (Lipinski definition) is 5. The van der Waals surface area contributed by atoms with Crippen LogP contribution in [0.25, 0.3) is 22.0 Å². The summed E-state index contributed by atoms with van der Waals surface area (Å²) in [5.41, 5.74) is 4.04. The molecule has 2 aromatic carbocycles. The molecule has 7 nitrogen and oxygen atoms in total. The fraction of sp³-hybridized carbons (Fsp3) is 0.321. The first-order chi connectivity index (χ1) is 17.7. The van der Waals surface area contributed by atoms with Crippen molar-refractivity contribution in [3.63, 3.8) is 0 Å². The largest absolute Gasteiger partial charge is 0.382 e. The highest BCUT2D eigenvalue weighted by atomic mass is 35.5. The molecule has 0 bridgehead atoms. The maximum Gasteiger partial charge on any atom is 0.274 e. The van der Waals surface area contributed by atoms with Crippen LogP contribution in [0.3, 0.4) is 0 Å². The number of nitrogens with one attached hydrogen (secondary N) is 3. The third-order valence-electron chi connectivity index (χ3n) is 7.20. The van der Waals surface area contributed by atoms with Crippen LogP contribution in [-0.2, 0) is 23.4 Å². The molecule has 1 fully saturated rings. The zero-order valence-corrected chi connectivity index (χ0v) is 22.5. The molecule has 1 aliphatic rings. The number of fused-ring (bicyclic) bond motifs is 1. The lowest BCUT2D eigenvalue weighted by atomic mass is 9.90. The third kappa shape index (κ3) is 5.61. The number of hydrogen-bond donors (Lipinski definition) is 3. The van der Waals surface area contributed by atoms with Crippen LogP contribution < -0.4 is 16.2 Å². The molecule has 0 atom stereocenters. The zero-order valence-electron chi connectivity index (χ0n) is 20.9. The maximum absolute atomic E-state index is 12.6. The highest BCUT2D eigenvalue weighted by Gasteiger charge is 2.23. The van der Waals surface area contributed by atoms with Crippen LogP contribution in [0.2, 0.25) is 5.02 Å². The maximum atomic E-state index is 12.6. The third-order valence-corrected chi connectivity index (χ3v) is 8.56. The number of aryl methyl sites for hydroxylation is 1. The van der Waals surface area contributed by atoms with Crippen LogP contribution in [0.15, 0.2) is 70.6 Å². The number of pyridine rings is 1. The van der Waals surface area contributed by atoms with Crippen molar-refractivity contribution in [1.29, 1.82) is 0 Å². The van der Waals surface area contributed by atoms with E-state index in [4.69, 9.17) is 11.6 Å². The van der Waals surface area contributed by atoms with E-state index < -0.39 is 9.84 Å². The molecule has 9 heteroatoms. The molecule has 1 aliphatic carbocycles. The molecule has 0 saturated heterocycles. The Hall–Kier alpha value is -3.07. The standard InChI is InChI=1S/C28H31ClN4O3S/c1-33-17-25(23-13-14-30-27(23)28(33)34)24-15-22(37(2,35)36)11-12-26(24)32-21-9-7-20(8-10-21)31-16-18-3-5-19(29)6-4-18/h3-6,11-15,17,20-21,30-32H,7-10,16H2,1-2H3/t20-,21-. The number of nitrogens with zero attached hydrogens (tertiary/aromatic N) is 1. The van der Waals surface area contributed by atoms with Crippen LogP contribution in [0, 0.1) is 0 Å². The van der Waals surface area contributed by atoms with Crippen molar-refractivity contribution in [2.24, 2.45) is 7.05 Å². The Balaban J connectivity index is 1.36. The highest BCUT2D eigenvalue weighted by molar-refractivity contribution is 7.90. The number of halogens is 1. The number of rotatable bonds is 7. The smallest absolute Gasteiger partial charge is 0.274 e. The summed E-state index contributed by atoms with van der Waals surface area (Å²) in [6.07, 6.45) is 8.82. The second kappa shape index (κ2) is 10.4. The lowest BCUT2D eigenvalue weighted by molar-refractivity contribution is 0.353. The number of anilines is 1. The number of aromatic nitrogens is 2. The van der Waals surface area contributed by atoms with E-state index in [2.05, 4.69) is 15.6 Å². The molecule has 4 aromatic rings. The second-order valence-corrected chi connectivity index (χ2v) is 12.4. The van der Waals surface area contributed by atoms with Gasteiger partial charge in [-0.2, -0.15) is 0 Å². The Kier molecular flexibility index (Phi) is 7.16. The molecule has 0 spiro atoms. The monoisotopic (exact) mass is 538 g/mol. The van der Waals surface area contributed by atoms with Gasteiger partial charge >= 0.3 is 0 Å². The summed E-state index contributed by atoms with van der Waals surface area (Å²) in [5, 5.41) is 8.86. The second-order valence-electron chi connectivity index (χ2n) is 9.90. The molecule has 0 amide bonds. The summed E-state index contributed by atoms with van der Waals surface area (Å²) in [4.78, 5) is 15.9. The topological polar surface area (TPSA) is 96.0 Å². The fourth-order valence-corrected chi connectivity index (χ4v) is 5.89. The predicted octanol–water partition coefficient (Wildman–Crippen LogP) is 5.10. The van der Waals surface area contributed by atoms with E-state index in [0.29, 0.717) is 11.6 Å². The van der Waals surface area contributed by atoms with Gasteiger partial charge in [0, 0.05) is 71.5 Å². The molecule has 0 radical (unpaired) electrons. The van der Waals surface area contributed by atoms with Crippen LogP contribution in [-0.4, -0.2) is 36.3 Å². The van der Waals surface area contributed by atoms with E-state index >= 15 is 0 Å². The van der Waals surface area contributed by atoms with Crippen LogP contribution >= 0.6 is 11.6 Å². The molecule has 37 heavy (non-hydrogen) atoms. The molecule has 1 saturated carbocycles. The van der Waals surface area contributed by atoms with E-state index in [1.165, 1.54) is 16.4 Å². The Morgan fingerprint density at radius 3 is 2.41 bits per heavy atom. The summed E-state index contributed by atoms with van der Waals surface area (Å²) in [6.45, 7) is 0.816. The van der Waals surface area contributed by atoms with Crippen molar-refractivity contribution in [2.45, 2.75) is 49.2 Å². The van der Waals surface area contributed by atoms with Crippen molar-refractivity contribution >= 4 is 38.0 Å². The van der Waals surface area contributed by atoms with Gasteiger partial charge in [-0.15, -0.1) is 0 Å². The molecule has 194 valence electrons. The number of sulfone groups is 1. The molecular weight excluding hydrogens is 508 g/mol. The van der Waals surface area contributed by atoms with Gasteiger partial charge in [0.2, 0.25) is 0 Å². The van der Waals surface area contributed by atoms with E-state index in [1.54, 1.807) is 31.6 Å². The van der Waals surface area contributed by atoms with E-state index in [9.17, 15) is 13.2 Å². The summed E-state index contributed by atoms with van der Waals surface area (Å²) < 4.78 is 26.3. The Labute approximate surface area is 221 Å². The molecule has 2 aromatic heterocycles. The van der Waals surface area contributed by atoms with Gasteiger partial charge in [0.25, 0.3) is 5.56 Å². The first kappa shape index (κ1) is 25.6. The zero-order chi connectivity index (χ0) is 26.2. The molecule has 5 rings (SSSR count). The molecule has 3 N–H and O–H groups in total. The Morgan fingerprint density at radius 1 is 1.00 bits per heavy atom. The van der Waals surface area contributed by atoms with Crippen LogP contribution in [0.5, 0.6) is 0 Å². The number of H-pyrrole nitrogens is 1. The van der Waals surface area contributed by atoms with Gasteiger partial charge in [0.15, 0.2) is 9.84 Å². The van der Waals surface area contributed by atoms with Crippen LogP contribution in [0.4, 0.5) is 5.69 Å². The Morgan fingerprint density at radius 2 is 1.70 bits per heavy atom. The Bertz CT molecular complexity index is 1580. The quantitative estimate of drug-likeness (QED) is 0.304. The van der Waals surface area contributed by atoms with Crippen molar-refractivity contribution < 1.29 is 8.42 Å². The summed E-state index contributed by atoms with van der Waals surface area (Å²) >= 11 is 5.99. The minimum absolute atomic E-state index is 0.123. The molecular formula is C28H31ClN4O3S. The number of aromatic amines is 1. The lowest BCUT2D eigenvalue weighted by Gasteiger charge is -2.31. The summed E-state index contributed by atoms with van der Waals surface area (Å²) in [5.74, 6) is 0. The van der Waals surface area contributed by atoms with Gasteiger partial charge in [0.1, 0.15) is 5.52 Å². The highest BCUT2D eigenvalue weighted by Crippen LogP contribution is 2.36. The van der Waals surface area contributed by atoms with Crippen molar-refractivity contribution in [2.75, 3.05) is 11.6 Å². The molecule has 0 aliphatic heterocycles. The van der Waals surface area contributed by atoms with Crippen molar-refractivity contribution in [3.05, 3.63) is 81.9 Å². The van der Waals surface area contributed by atoms with Crippen LogP contribution in [0.1, 0.15) is 31.2 Å². The normalized spacial score (nSPS) is 18.2. The fourth-order valence-electron chi connectivity index (χ4n) is 5.11.